The number of likely N-dealkylation sites (tertiary alicyclic amines) is 1. The van der Waals surface area contributed by atoms with Crippen molar-refractivity contribution in [2.24, 2.45) is 0 Å². The average Bonchev–Trinajstić information content (AvgIpc) is 2.80. The summed E-state index contributed by atoms with van der Waals surface area (Å²) in [5, 5.41) is 9.32. The van der Waals surface area contributed by atoms with Gasteiger partial charge in [0.1, 0.15) is 5.75 Å². The monoisotopic (exact) mass is 447 g/mol. The summed E-state index contributed by atoms with van der Waals surface area (Å²) >= 11 is 0. The summed E-state index contributed by atoms with van der Waals surface area (Å²) in [7, 11) is -4.04. The molecular formula is C22H29N3O5S. The molecule has 9 heteroatoms. The van der Waals surface area contributed by atoms with Gasteiger partial charge in [0.2, 0.25) is 0 Å². The highest BCUT2D eigenvalue weighted by molar-refractivity contribution is 7.93. The van der Waals surface area contributed by atoms with Gasteiger partial charge in [0.05, 0.1) is 11.5 Å². The van der Waals surface area contributed by atoms with Crippen LogP contribution < -0.4 is 10.2 Å². The van der Waals surface area contributed by atoms with Gasteiger partial charge in [-0.1, -0.05) is 13.3 Å². The molecule has 1 aliphatic heterocycles. The second-order valence-corrected chi connectivity index (χ2v) is 10.0. The number of aromatic nitrogens is 1. The molecule has 1 aromatic heterocycles. The normalized spacial score (nSPS) is 16.6. The van der Waals surface area contributed by atoms with E-state index in [2.05, 4.69) is 16.8 Å². The van der Waals surface area contributed by atoms with E-state index in [-0.39, 0.29) is 17.7 Å². The lowest BCUT2D eigenvalue weighted by molar-refractivity contribution is -0.133. The van der Waals surface area contributed by atoms with E-state index in [4.69, 9.17) is 4.74 Å². The highest BCUT2D eigenvalue weighted by Gasteiger charge is 2.52. The summed E-state index contributed by atoms with van der Waals surface area (Å²) in [6.45, 7) is 4.09. The average molecular weight is 448 g/mol. The molecule has 31 heavy (non-hydrogen) atoms. The number of rotatable bonds is 9. The van der Waals surface area contributed by atoms with E-state index in [1.54, 1.807) is 30.0 Å². The number of ether oxygens (including phenoxy) is 1. The molecule has 0 bridgehead atoms. The zero-order valence-electron chi connectivity index (χ0n) is 17.7. The molecular weight excluding hydrogens is 418 g/mol. The number of piperidine rings is 1. The molecule has 8 nitrogen and oxygen atoms in total. The van der Waals surface area contributed by atoms with Crippen LogP contribution in [-0.4, -0.2) is 53.9 Å². The fourth-order valence-electron chi connectivity index (χ4n) is 3.81. The van der Waals surface area contributed by atoms with Crippen LogP contribution in [0.2, 0.25) is 0 Å². The minimum absolute atomic E-state index is 0.0431. The first-order chi connectivity index (χ1) is 14.9. The molecule has 1 saturated heterocycles. The van der Waals surface area contributed by atoms with Crippen LogP contribution >= 0.6 is 0 Å². The van der Waals surface area contributed by atoms with E-state index >= 15 is 0 Å². The smallest absolute Gasteiger partial charge is 0.265 e. The van der Waals surface area contributed by atoms with Crippen LogP contribution in [0.25, 0.3) is 0 Å². The Morgan fingerprint density at radius 1 is 1.16 bits per heavy atom. The number of nitrogens with zero attached hydrogens (tertiary/aromatic N) is 2. The van der Waals surface area contributed by atoms with Crippen molar-refractivity contribution in [3.8, 4) is 5.75 Å². The lowest BCUT2D eigenvalue weighted by Crippen LogP contribution is -2.57. The zero-order chi connectivity index (χ0) is 22.3. The van der Waals surface area contributed by atoms with Crippen LogP contribution in [0.15, 0.2) is 53.7 Å². The maximum Gasteiger partial charge on any atom is 0.265 e. The molecule has 1 fully saturated rings. The van der Waals surface area contributed by atoms with E-state index in [1.807, 2.05) is 12.1 Å². The number of hydrogen-bond acceptors (Lipinski definition) is 7. The molecule has 0 unspecified atom stereocenters. The molecule has 2 N–H and O–H groups in total. The van der Waals surface area contributed by atoms with Crippen LogP contribution in [-0.2, 0) is 21.2 Å². The standard InChI is InChI=1S/C22H29N3O5S/c1-2-3-16-30-19-4-6-20(7-5-19)31(28,29)22(21(26)24-27)10-14-25(15-11-22)17-18-8-12-23-13-9-18/h4-9,12-13,27H,2-3,10-11,14-17H2,1H3,(H,24,26). The Kier molecular flexibility index (Phi) is 7.64. The maximum absolute atomic E-state index is 13.5. The number of hydrogen-bond donors (Lipinski definition) is 2. The van der Waals surface area contributed by atoms with Gasteiger partial charge in [-0.25, -0.2) is 13.9 Å². The summed E-state index contributed by atoms with van der Waals surface area (Å²) in [5.41, 5.74) is 2.66. The molecule has 2 heterocycles. The molecule has 1 aliphatic rings. The number of amides is 1. The third kappa shape index (κ3) is 5.06. The minimum atomic E-state index is -4.04. The van der Waals surface area contributed by atoms with Gasteiger partial charge in [-0.05, 0) is 61.2 Å². The fourth-order valence-corrected chi connectivity index (χ4v) is 5.77. The molecule has 2 aromatic rings. The van der Waals surface area contributed by atoms with Crippen molar-refractivity contribution in [2.45, 2.75) is 48.8 Å². The molecule has 1 aromatic carbocycles. The molecule has 3 rings (SSSR count). The Hall–Kier alpha value is -2.49. The Morgan fingerprint density at radius 3 is 2.39 bits per heavy atom. The van der Waals surface area contributed by atoms with Crippen LogP contribution in [0.5, 0.6) is 5.75 Å². The van der Waals surface area contributed by atoms with Gasteiger partial charge in [0.25, 0.3) is 5.91 Å². The zero-order valence-corrected chi connectivity index (χ0v) is 18.5. The van der Waals surface area contributed by atoms with E-state index in [9.17, 15) is 18.4 Å². The van der Waals surface area contributed by atoms with E-state index < -0.39 is 20.5 Å². The summed E-state index contributed by atoms with van der Waals surface area (Å²) in [6.07, 6.45) is 5.51. The second kappa shape index (κ2) is 10.2. The Balaban J connectivity index is 1.78. The highest BCUT2D eigenvalue weighted by Crippen LogP contribution is 2.36. The van der Waals surface area contributed by atoms with Gasteiger partial charge in [-0.2, -0.15) is 0 Å². The van der Waals surface area contributed by atoms with Crippen molar-refractivity contribution >= 4 is 15.7 Å². The van der Waals surface area contributed by atoms with Crippen molar-refractivity contribution in [1.82, 2.24) is 15.4 Å². The Morgan fingerprint density at radius 2 is 1.81 bits per heavy atom. The molecule has 1 amide bonds. The van der Waals surface area contributed by atoms with Gasteiger partial charge in [-0.3, -0.25) is 19.9 Å². The fraction of sp³-hybridized carbons (Fsp3) is 0.455. The number of carbonyl (C=O) groups excluding carboxylic acids is 1. The highest BCUT2D eigenvalue weighted by atomic mass is 32.2. The molecule has 0 radical (unpaired) electrons. The molecule has 0 spiro atoms. The number of nitrogens with one attached hydrogen (secondary N) is 1. The lowest BCUT2D eigenvalue weighted by Gasteiger charge is -2.39. The van der Waals surface area contributed by atoms with Gasteiger partial charge in [0, 0.05) is 32.0 Å². The van der Waals surface area contributed by atoms with Crippen molar-refractivity contribution in [3.63, 3.8) is 0 Å². The summed E-state index contributed by atoms with van der Waals surface area (Å²) in [4.78, 5) is 18.8. The second-order valence-electron chi connectivity index (χ2n) is 7.74. The number of pyridine rings is 1. The minimum Gasteiger partial charge on any atom is -0.494 e. The van der Waals surface area contributed by atoms with E-state index in [0.29, 0.717) is 32.0 Å². The van der Waals surface area contributed by atoms with Crippen molar-refractivity contribution in [1.29, 1.82) is 0 Å². The van der Waals surface area contributed by atoms with E-state index in [1.165, 1.54) is 12.1 Å². The first-order valence-corrected chi connectivity index (χ1v) is 11.9. The van der Waals surface area contributed by atoms with E-state index in [0.717, 1.165) is 18.4 Å². The topological polar surface area (TPSA) is 109 Å². The van der Waals surface area contributed by atoms with Crippen molar-refractivity contribution < 1.29 is 23.2 Å². The Bertz CT molecular complexity index is 956. The number of hydroxylamine groups is 1. The number of carbonyl (C=O) groups is 1. The molecule has 0 aliphatic carbocycles. The van der Waals surface area contributed by atoms with Gasteiger partial charge >= 0.3 is 0 Å². The van der Waals surface area contributed by atoms with Crippen molar-refractivity contribution in [3.05, 3.63) is 54.4 Å². The van der Waals surface area contributed by atoms with Gasteiger partial charge in [0.15, 0.2) is 14.6 Å². The quantitative estimate of drug-likeness (QED) is 0.345. The third-order valence-electron chi connectivity index (χ3n) is 5.75. The number of sulfone groups is 1. The van der Waals surface area contributed by atoms with Gasteiger partial charge < -0.3 is 4.74 Å². The molecule has 168 valence electrons. The maximum atomic E-state index is 13.5. The summed E-state index contributed by atoms with van der Waals surface area (Å²) in [5.74, 6) is -0.306. The lowest BCUT2D eigenvalue weighted by atomic mass is 9.94. The molecule has 0 saturated carbocycles. The SMILES string of the molecule is CCCCOc1ccc(S(=O)(=O)C2(C(=O)NO)CCN(Cc3ccncc3)CC2)cc1. The van der Waals surface area contributed by atoms with Crippen molar-refractivity contribution in [2.75, 3.05) is 19.7 Å². The van der Waals surface area contributed by atoms with Crippen LogP contribution in [0.4, 0.5) is 0 Å². The number of benzene rings is 1. The largest absolute Gasteiger partial charge is 0.494 e. The molecule has 0 atom stereocenters. The first-order valence-electron chi connectivity index (χ1n) is 10.5. The van der Waals surface area contributed by atoms with Gasteiger partial charge in [-0.15, -0.1) is 0 Å². The van der Waals surface area contributed by atoms with Crippen LogP contribution in [0.1, 0.15) is 38.2 Å². The third-order valence-corrected chi connectivity index (χ3v) is 8.26. The Labute approximate surface area is 183 Å². The first kappa shape index (κ1) is 23.2. The summed E-state index contributed by atoms with van der Waals surface area (Å²) in [6, 6.07) is 9.95. The summed E-state index contributed by atoms with van der Waals surface area (Å²) < 4.78 is 30.9. The van der Waals surface area contributed by atoms with Crippen LogP contribution in [0, 0.1) is 0 Å². The van der Waals surface area contributed by atoms with Crippen LogP contribution in [0.3, 0.4) is 0 Å². The predicted octanol–water partition coefficient (Wildman–Crippen LogP) is 2.57. The predicted molar refractivity (Wildman–Crippen MR) is 115 cm³/mol. The number of unbranched alkanes of at least 4 members (excludes halogenated alkanes) is 1.